The number of thioether (sulfide) groups is 1. The minimum absolute atomic E-state index is 0.985. The first-order chi connectivity index (χ1) is 7.40. The second-order valence-electron chi connectivity index (χ2n) is 3.77. The zero-order valence-corrected chi connectivity index (χ0v) is 9.94. The number of nitrogens with one attached hydrogen (secondary N) is 1. The maximum absolute atomic E-state index is 4.63. The summed E-state index contributed by atoms with van der Waals surface area (Å²) in [6.45, 7) is 1.04. The van der Waals surface area contributed by atoms with Crippen LogP contribution in [0.15, 0.2) is 6.20 Å². The zero-order chi connectivity index (χ0) is 10.5. The molecule has 1 aliphatic rings. The number of hydrogen-bond acceptors (Lipinski definition) is 4. The first-order valence-electron chi connectivity index (χ1n) is 5.46. The number of nitrogens with zero attached hydrogens (tertiary/aromatic N) is 2. The second-order valence-corrected chi connectivity index (χ2v) is 4.87. The highest BCUT2D eigenvalue weighted by Crippen LogP contribution is 2.22. The van der Waals surface area contributed by atoms with Crippen molar-refractivity contribution in [3.05, 3.63) is 23.3 Å². The van der Waals surface area contributed by atoms with E-state index in [4.69, 9.17) is 0 Å². The van der Waals surface area contributed by atoms with Gasteiger partial charge in [0.05, 0.1) is 5.69 Å². The lowest BCUT2D eigenvalue weighted by molar-refractivity contribution is 0.697. The van der Waals surface area contributed by atoms with E-state index < -0.39 is 0 Å². The van der Waals surface area contributed by atoms with Gasteiger partial charge in [0, 0.05) is 18.4 Å². The number of aryl methyl sites for hydroxylation is 2. The third-order valence-corrected chi connectivity index (χ3v) is 3.56. The van der Waals surface area contributed by atoms with Crippen molar-refractivity contribution in [2.24, 2.45) is 0 Å². The molecule has 15 heavy (non-hydrogen) atoms. The minimum atomic E-state index is 0.985. The van der Waals surface area contributed by atoms with Gasteiger partial charge in [-0.15, -0.1) is 0 Å². The average molecular weight is 223 g/mol. The Hall–Kier alpha value is -0.610. The fourth-order valence-corrected chi connectivity index (χ4v) is 2.66. The van der Waals surface area contributed by atoms with E-state index >= 15 is 0 Å². The van der Waals surface area contributed by atoms with Gasteiger partial charge in [-0.1, -0.05) is 0 Å². The van der Waals surface area contributed by atoms with E-state index in [0.717, 1.165) is 37.4 Å². The van der Waals surface area contributed by atoms with Gasteiger partial charge in [0.15, 0.2) is 0 Å². The molecule has 1 aromatic heterocycles. The number of rotatable bonds is 4. The number of aromatic nitrogens is 2. The lowest BCUT2D eigenvalue weighted by Crippen LogP contribution is -2.12. The topological polar surface area (TPSA) is 37.8 Å². The molecule has 0 saturated heterocycles. The largest absolute Gasteiger partial charge is 0.320 e. The Kier molecular flexibility index (Phi) is 3.97. The molecule has 0 fully saturated rings. The smallest absolute Gasteiger partial charge is 0.128 e. The molecule has 1 aromatic rings. The van der Waals surface area contributed by atoms with E-state index in [0.29, 0.717) is 0 Å². The number of hydrogen-bond donors (Lipinski definition) is 1. The van der Waals surface area contributed by atoms with Crippen LogP contribution >= 0.6 is 11.8 Å². The molecule has 0 atom stereocenters. The molecule has 0 aliphatic carbocycles. The molecule has 2 rings (SSSR count). The standard InChI is InChI=1S/C11H17N3S/c1-12-5-2-3-11-13-7-9-4-6-15-8-10(9)14-11/h7,12H,2-6,8H2,1H3. The molecule has 4 heteroatoms. The molecule has 0 bridgehead atoms. The van der Waals surface area contributed by atoms with E-state index in [1.54, 1.807) is 0 Å². The Bertz CT molecular complexity index is 328. The summed E-state index contributed by atoms with van der Waals surface area (Å²) in [5.41, 5.74) is 2.62. The number of fused-ring (bicyclic) bond motifs is 1. The predicted octanol–water partition coefficient (Wildman–Crippen LogP) is 1.42. The molecule has 0 radical (unpaired) electrons. The van der Waals surface area contributed by atoms with Crippen LogP contribution in [0.4, 0.5) is 0 Å². The highest BCUT2D eigenvalue weighted by Gasteiger charge is 2.11. The van der Waals surface area contributed by atoms with Crippen molar-refractivity contribution in [3.8, 4) is 0 Å². The van der Waals surface area contributed by atoms with Crippen molar-refractivity contribution in [3.63, 3.8) is 0 Å². The van der Waals surface area contributed by atoms with Crippen molar-refractivity contribution >= 4 is 11.8 Å². The quantitative estimate of drug-likeness (QED) is 0.783. The molecule has 0 spiro atoms. The molecule has 0 aromatic carbocycles. The lowest BCUT2D eigenvalue weighted by atomic mass is 10.2. The van der Waals surface area contributed by atoms with E-state index in [1.165, 1.54) is 17.0 Å². The minimum Gasteiger partial charge on any atom is -0.320 e. The highest BCUT2D eigenvalue weighted by molar-refractivity contribution is 7.98. The molecule has 0 saturated carbocycles. The Morgan fingerprint density at radius 3 is 3.33 bits per heavy atom. The van der Waals surface area contributed by atoms with Gasteiger partial charge in [0.25, 0.3) is 0 Å². The van der Waals surface area contributed by atoms with Crippen LogP contribution in [0.1, 0.15) is 23.5 Å². The summed E-state index contributed by atoms with van der Waals surface area (Å²) in [7, 11) is 1.98. The first kappa shape index (κ1) is 10.9. The molecular formula is C11H17N3S. The van der Waals surface area contributed by atoms with Crippen molar-refractivity contribution in [2.45, 2.75) is 25.0 Å². The van der Waals surface area contributed by atoms with Gasteiger partial charge >= 0.3 is 0 Å². The molecule has 0 amide bonds. The van der Waals surface area contributed by atoms with Crippen LogP contribution in [-0.4, -0.2) is 29.3 Å². The van der Waals surface area contributed by atoms with Gasteiger partial charge in [0.1, 0.15) is 5.82 Å². The summed E-state index contributed by atoms with van der Waals surface area (Å²) in [6.07, 6.45) is 5.26. The van der Waals surface area contributed by atoms with Crippen LogP contribution in [0.5, 0.6) is 0 Å². The van der Waals surface area contributed by atoms with Gasteiger partial charge < -0.3 is 5.32 Å². The van der Waals surface area contributed by atoms with Crippen molar-refractivity contribution < 1.29 is 0 Å². The first-order valence-corrected chi connectivity index (χ1v) is 6.61. The third-order valence-electron chi connectivity index (χ3n) is 2.59. The van der Waals surface area contributed by atoms with Gasteiger partial charge in [-0.25, -0.2) is 9.97 Å². The van der Waals surface area contributed by atoms with Crippen LogP contribution < -0.4 is 5.32 Å². The Labute approximate surface area is 95.1 Å². The fraction of sp³-hybridized carbons (Fsp3) is 0.636. The monoisotopic (exact) mass is 223 g/mol. The van der Waals surface area contributed by atoms with Crippen LogP contribution in [0, 0.1) is 0 Å². The van der Waals surface area contributed by atoms with Crippen molar-refractivity contribution in [2.75, 3.05) is 19.3 Å². The summed E-state index contributed by atoms with van der Waals surface area (Å²) in [5.74, 6) is 3.29. The van der Waals surface area contributed by atoms with Gasteiger partial charge in [-0.05, 0) is 37.8 Å². The highest BCUT2D eigenvalue weighted by atomic mass is 32.2. The zero-order valence-electron chi connectivity index (χ0n) is 9.12. The van der Waals surface area contributed by atoms with E-state index in [-0.39, 0.29) is 0 Å². The summed E-state index contributed by atoms with van der Waals surface area (Å²) in [6, 6.07) is 0. The predicted molar refractivity (Wildman–Crippen MR) is 64.1 cm³/mol. The lowest BCUT2D eigenvalue weighted by Gasteiger charge is -2.14. The average Bonchev–Trinajstić information content (AvgIpc) is 2.29. The third kappa shape index (κ3) is 2.92. The fourth-order valence-electron chi connectivity index (χ4n) is 1.71. The molecule has 1 aliphatic heterocycles. The summed E-state index contributed by atoms with van der Waals surface area (Å²) < 4.78 is 0. The molecule has 3 nitrogen and oxygen atoms in total. The summed E-state index contributed by atoms with van der Waals surface area (Å²) in [5, 5.41) is 3.14. The second kappa shape index (κ2) is 5.47. The molecule has 82 valence electrons. The Morgan fingerprint density at radius 1 is 1.53 bits per heavy atom. The normalized spacial score (nSPS) is 15.0. The van der Waals surface area contributed by atoms with E-state index in [2.05, 4.69) is 15.3 Å². The van der Waals surface area contributed by atoms with Gasteiger partial charge in [-0.3, -0.25) is 0 Å². The molecule has 1 N–H and O–H groups in total. The van der Waals surface area contributed by atoms with E-state index in [9.17, 15) is 0 Å². The van der Waals surface area contributed by atoms with Crippen LogP contribution in [0.25, 0.3) is 0 Å². The van der Waals surface area contributed by atoms with E-state index in [1.807, 2.05) is 25.0 Å². The van der Waals surface area contributed by atoms with Gasteiger partial charge in [0.2, 0.25) is 0 Å². The SMILES string of the molecule is CNCCCc1ncc2c(n1)CSCC2. The van der Waals surface area contributed by atoms with Crippen molar-refractivity contribution in [1.82, 2.24) is 15.3 Å². The summed E-state index contributed by atoms with van der Waals surface area (Å²) >= 11 is 1.97. The van der Waals surface area contributed by atoms with Crippen LogP contribution in [0.3, 0.4) is 0 Å². The Balaban J connectivity index is 2.00. The maximum atomic E-state index is 4.63. The van der Waals surface area contributed by atoms with Gasteiger partial charge in [-0.2, -0.15) is 11.8 Å². The molecular weight excluding hydrogens is 206 g/mol. The maximum Gasteiger partial charge on any atom is 0.128 e. The van der Waals surface area contributed by atoms with Crippen LogP contribution in [-0.2, 0) is 18.6 Å². The van der Waals surface area contributed by atoms with Crippen LogP contribution in [0.2, 0.25) is 0 Å². The Morgan fingerprint density at radius 2 is 2.47 bits per heavy atom. The molecule has 0 unspecified atom stereocenters. The summed E-state index contributed by atoms with van der Waals surface area (Å²) in [4.78, 5) is 9.04. The van der Waals surface area contributed by atoms with Crippen molar-refractivity contribution in [1.29, 1.82) is 0 Å². The molecule has 2 heterocycles.